The second kappa shape index (κ2) is 15.8. The highest BCUT2D eigenvalue weighted by Crippen LogP contribution is 2.30. The van der Waals surface area contributed by atoms with E-state index < -0.39 is 48.2 Å². The van der Waals surface area contributed by atoms with Gasteiger partial charge in [0.1, 0.15) is 0 Å². The van der Waals surface area contributed by atoms with E-state index in [-0.39, 0.29) is 0 Å². The van der Waals surface area contributed by atoms with Crippen LogP contribution in [0, 0.1) is 17.8 Å². The largest absolute Gasteiger partial charge is 0.481 e. The molecular weight excluding hydrogens is 416 g/mol. The fourth-order valence-electron chi connectivity index (χ4n) is 3.99. The van der Waals surface area contributed by atoms with Gasteiger partial charge in [0.25, 0.3) is 0 Å². The van der Waals surface area contributed by atoms with Crippen molar-refractivity contribution in [3.63, 3.8) is 0 Å². The van der Waals surface area contributed by atoms with Crippen molar-refractivity contribution >= 4 is 23.9 Å². The van der Waals surface area contributed by atoms with Crippen LogP contribution in [0.3, 0.4) is 0 Å². The predicted octanol–water partition coefficient (Wildman–Crippen LogP) is 4.57. The quantitative estimate of drug-likeness (QED) is 0.201. The van der Waals surface area contributed by atoms with Gasteiger partial charge in [0, 0.05) is 0 Å². The molecule has 0 aliphatic heterocycles. The average Bonchev–Trinajstić information content (AvgIpc) is 2.71. The zero-order chi connectivity index (χ0) is 24.7. The maximum Gasteiger partial charge on any atom is 0.336 e. The van der Waals surface area contributed by atoms with E-state index in [0.717, 1.165) is 51.4 Å². The zero-order valence-corrected chi connectivity index (χ0v) is 20.1. The maximum atomic E-state index is 12.9. The molecule has 0 rings (SSSR count). The third kappa shape index (κ3) is 11.6. The Hall–Kier alpha value is -1.96. The minimum Gasteiger partial charge on any atom is -0.481 e. The Bertz CT molecular complexity index is 585. The Labute approximate surface area is 191 Å². The highest BCUT2D eigenvalue weighted by Gasteiger charge is 2.42. The lowest BCUT2D eigenvalue weighted by atomic mass is 9.81. The number of aliphatic carboxylic acids is 2. The molecule has 3 atom stereocenters. The lowest BCUT2D eigenvalue weighted by molar-refractivity contribution is -0.176. The topological polar surface area (TPSA) is 138 Å². The molecule has 0 aromatic rings. The second-order valence-electron chi connectivity index (χ2n) is 8.88. The van der Waals surface area contributed by atoms with Crippen LogP contribution in [0.1, 0.15) is 105 Å². The highest BCUT2D eigenvalue weighted by molar-refractivity contribution is 5.92. The number of esters is 2. The molecule has 8 nitrogen and oxygen atoms in total. The van der Waals surface area contributed by atoms with E-state index in [1.165, 1.54) is 0 Å². The normalized spacial score (nSPS) is 15.9. The number of hydrogen-bond donors (Lipinski definition) is 3. The Kier molecular flexibility index (Phi) is 14.8. The van der Waals surface area contributed by atoms with Gasteiger partial charge in [0.2, 0.25) is 0 Å². The van der Waals surface area contributed by atoms with Gasteiger partial charge in [-0.3, -0.25) is 14.4 Å². The van der Waals surface area contributed by atoms with Gasteiger partial charge in [-0.25, -0.2) is 4.79 Å². The number of aliphatic hydroxyl groups is 1. The van der Waals surface area contributed by atoms with E-state index in [0.29, 0.717) is 24.7 Å². The van der Waals surface area contributed by atoms with Crippen molar-refractivity contribution in [2.75, 3.05) is 0 Å². The molecule has 0 fully saturated rings. The Morgan fingerprint density at radius 3 is 1.62 bits per heavy atom. The van der Waals surface area contributed by atoms with Crippen molar-refractivity contribution in [3.8, 4) is 0 Å². The summed E-state index contributed by atoms with van der Waals surface area (Å²) >= 11 is 0. The van der Waals surface area contributed by atoms with Crippen LogP contribution in [0.25, 0.3) is 0 Å². The molecule has 186 valence electrons. The van der Waals surface area contributed by atoms with Crippen molar-refractivity contribution in [2.45, 2.75) is 110 Å². The van der Waals surface area contributed by atoms with Crippen LogP contribution in [0.2, 0.25) is 0 Å². The summed E-state index contributed by atoms with van der Waals surface area (Å²) in [5.41, 5.74) is -2.82. The van der Waals surface area contributed by atoms with Crippen molar-refractivity contribution in [1.82, 2.24) is 0 Å². The van der Waals surface area contributed by atoms with Gasteiger partial charge in [0.15, 0.2) is 5.60 Å². The fourth-order valence-corrected chi connectivity index (χ4v) is 3.99. The minimum atomic E-state index is -2.82. The van der Waals surface area contributed by atoms with Crippen molar-refractivity contribution in [2.24, 2.45) is 17.8 Å². The summed E-state index contributed by atoms with van der Waals surface area (Å²) in [6, 6.07) is 0. The lowest BCUT2D eigenvalue weighted by Crippen LogP contribution is -2.43. The molecule has 3 N–H and O–H groups in total. The first-order valence-electron chi connectivity index (χ1n) is 11.9. The summed E-state index contributed by atoms with van der Waals surface area (Å²) in [4.78, 5) is 47.3. The summed E-state index contributed by atoms with van der Waals surface area (Å²) in [6.45, 7) is 8.35. The summed E-state index contributed by atoms with van der Waals surface area (Å²) in [7, 11) is 0. The fraction of sp³-hybridized carbons (Fsp3) is 0.833. The van der Waals surface area contributed by atoms with Gasteiger partial charge in [-0.2, -0.15) is 0 Å². The summed E-state index contributed by atoms with van der Waals surface area (Å²) in [6.07, 6.45) is 6.87. The van der Waals surface area contributed by atoms with Gasteiger partial charge in [-0.1, -0.05) is 79.1 Å². The number of carboxylic acids is 2. The van der Waals surface area contributed by atoms with Crippen molar-refractivity contribution < 1.29 is 39.2 Å². The molecule has 0 spiro atoms. The first-order chi connectivity index (χ1) is 15.0. The molecule has 32 heavy (non-hydrogen) atoms. The SMILES string of the molecule is CCCCC(CC)CC(CC(CC)CCCC)C(=O)OC(=O)CC(O)(CC(=O)O)C(=O)O. The molecule has 0 aliphatic rings. The van der Waals surface area contributed by atoms with Gasteiger partial charge in [0.05, 0.1) is 18.8 Å². The van der Waals surface area contributed by atoms with Crippen LogP contribution in [-0.2, 0) is 23.9 Å². The molecule has 8 heteroatoms. The number of ether oxygens (including phenoxy) is 1. The lowest BCUT2D eigenvalue weighted by Gasteiger charge is -2.25. The Morgan fingerprint density at radius 2 is 1.28 bits per heavy atom. The van der Waals surface area contributed by atoms with Crippen molar-refractivity contribution in [1.29, 1.82) is 0 Å². The van der Waals surface area contributed by atoms with E-state index >= 15 is 0 Å². The number of rotatable bonds is 18. The summed E-state index contributed by atoms with van der Waals surface area (Å²) in [5, 5.41) is 28.0. The van der Waals surface area contributed by atoms with Crippen LogP contribution >= 0.6 is 0 Å². The smallest absolute Gasteiger partial charge is 0.336 e. The molecule has 0 saturated carbocycles. The zero-order valence-electron chi connectivity index (χ0n) is 20.1. The summed E-state index contributed by atoms with van der Waals surface area (Å²) in [5.74, 6) is -5.24. The van der Waals surface area contributed by atoms with Gasteiger partial charge >= 0.3 is 23.9 Å². The molecule has 3 unspecified atom stereocenters. The predicted molar refractivity (Wildman–Crippen MR) is 120 cm³/mol. The first kappa shape index (κ1) is 30.0. The standard InChI is InChI=1S/C24H42O8/c1-5-9-11-17(7-3)13-19(14-18(8-4)12-10-6-2)22(28)32-21(27)16-24(31,23(29)30)15-20(25)26/h17-19,31H,5-16H2,1-4H3,(H,25,26)(H,29,30). The monoisotopic (exact) mass is 458 g/mol. The molecule has 0 radical (unpaired) electrons. The van der Waals surface area contributed by atoms with Gasteiger partial charge in [-0.05, 0) is 24.7 Å². The van der Waals surface area contributed by atoms with E-state index in [9.17, 15) is 24.3 Å². The first-order valence-corrected chi connectivity index (χ1v) is 11.9. The second-order valence-corrected chi connectivity index (χ2v) is 8.88. The van der Waals surface area contributed by atoms with E-state index in [1.807, 2.05) is 0 Å². The van der Waals surface area contributed by atoms with Crippen LogP contribution in [-0.4, -0.2) is 44.8 Å². The molecule has 0 aliphatic carbocycles. The molecule has 0 heterocycles. The van der Waals surface area contributed by atoms with E-state index in [1.54, 1.807) is 0 Å². The molecule has 0 bridgehead atoms. The molecular formula is C24H42O8. The van der Waals surface area contributed by atoms with E-state index in [2.05, 4.69) is 27.7 Å². The number of unbranched alkanes of at least 4 members (excludes halogenated alkanes) is 2. The van der Waals surface area contributed by atoms with Crippen LogP contribution in [0.5, 0.6) is 0 Å². The number of hydrogen-bond acceptors (Lipinski definition) is 6. The van der Waals surface area contributed by atoms with E-state index in [4.69, 9.17) is 14.9 Å². The number of carbonyl (C=O) groups excluding carboxylic acids is 2. The van der Waals surface area contributed by atoms with Crippen LogP contribution < -0.4 is 0 Å². The van der Waals surface area contributed by atoms with Crippen LogP contribution in [0.4, 0.5) is 0 Å². The molecule has 0 aromatic carbocycles. The Morgan fingerprint density at radius 1 is 0.812 bits per heavy atom. The third-order valence-corrected chi connectivity index (χ3v) is 6.15. The minimum absolute atomic E-state index is 0.314. The molecule has 0 aromatic heterocycles. The Balaban J connectivity index is 5.39. The van der Waals surface area contributed by atoms with Crippen molar-refractivity contribution in [3.05, 3.63) is 0 Å². The molecule has 0 saturated heterocycles. The van der Waals surface area contributed by atoms with Crippen LogP contribution in [0.15, 0.2) is 0 Å². The molecule has 0 amide bonds. The third-order valence-electron chi connectivity index (χ3n) is 6.15. The summed E-state index contributed by atoms with van der Waals surface area (Å²) < 4.78 is 4.95. The number of carbonyl (C=O) groups is 4. The highest BCUT2D eigenvalue weighted by atomic mass is 16.6. The van der Waals surface area contributed by atoms with Gasteiger partial charge in [-0.15, -0.1) is 0 Å². The average molecular weight is 459 g/mol. The number of carboxylic acid groups (broad SMARTS) is 2. The maximum absolute atomic E-state index is 12.9. The van der Waals surface area contributed by atoms with Gasteiger partial charge < -0.3 is 20.1 Å².